The second-order valence-electron chi connectivity index (χ2n) is 8.15. The Morgan fingerprint density at radius 3 is 2.30 bits per heavy atom. The number of hydrogen-bond donors (Lipinski definition) is 1. The van der Waals surface area contributed by atoms with E-state index in [9.17, 15) is 22.0 Å². The van der Waals surface area contributed by atoms with Crippen LogP contribution in [0.25, 0.3) is 0 Å². The van der Waals surface area contributed by atoms with Gasteiger partial charge in [0.05, 0.1) is 4.90 Å². The van der Waals surface area contributed by atoms with Crippen molar-refractivity contribution in [2.24, 2.45) is 5.92 Å². The van der Waals surface area contributed by atoms with Gasteiger partial charge in [0.25, 0.3) is 0 Å². The Labute approximate surface area is 177 Å². The smallest absolute Gasteiger partial charge is 0.243 e. The molecule has 30 heavy (non-hydrogen) atoms. The Morgan fingerprint density at radius 1 is 1.00 bits per heavy atom. The number of hydrogen-bond acceptors (Lipinski definition) is 4. The minimum absolute atomic E-state index is 0.0317. The maximum Gasteiger partial charge on any atom is 0.243 e. The summed E-state index contributed by atoms with van der Waals surface area (Å²) in [5.74, 6) is -2.53. The van der Waals surface area contributed by atoms with Crippen LogP contribution in [-0.4, -0.2) is 62.8 Å². The first-order valence-electron chi connectivity index (χ1n) is 10.8. The van der Waals surface area contributed by atoms with E-state index in [1.807, 2.05) is 0 Å². The number of rotatable bonds is 7. The van der Waals surface area contributed by atoms with Gasteiger partial charge in [0.1, 0.15) is 0 Å². The highest BCUT2D eigenvalue weighted by atomic mass is 32.2. The van der Waals surface area contributed by atoms with E-state index in [0.29, 0.717) is 25.5 Å². The van der Waals surface area contributed by atoms with E-state index in [1.54, 1.807) is 0 Å². The van der Waals surface area contributed by atoms with E-state index < -0.39 is 21.7 Å². The lowest BCUT2D eigenvalue weighted by atomic mass is 9.97. The van der Waals surface area contributed by atoms with E-state index in [4.69, 9.17) is 0 Å². The van der Waals surface area contributed by atoms with E-state index in [2.05, 4.69) is 10.2 Å². The van der Waals surface area contributed by atoms with Crippen molar-refractivity contribution >= 4 is 15.9 Å². The number of sulfonamides is 1. The molecule has 2 aliphatic heterocycles. The zero-order chi connectivity index (χ0) is 21.6. The van der Waals surface area contributed by atoms with Crippen molar-refractivity contribution in [2.45, 2.75) is 49.8 Å². The third kappa shape index (κ3) is 5.98. The maximum absolute atomic E-state index is 13.4. The van der Waals surface area contributed by atoms with Gasteiger partial charge < -0.3 is 10.2 Å². The number of carbonyl (C=O) groups is 1. The second kappa shape index (κ2) is 10.6. The van der Waals surface area contributed by atoms with Crippen molar-refractivity contribution in [2.75, 3.05) is 39.3 Å². The fourth-order valence-corrected chi connectivity index (χ4v) is 5.65. The number of amides is 1. The molecule has 0 unspecified atom stereocenters. The molecule has 6 nitrogen and oxygen atoms in total. The second-order valence-corrected chi connectivity index (χ2v) is 10.1. The van der Waals surface area contributed by atoms with Gasteiger partial charge in [0.15, 0.2) is 11.6 Å². The molecule has 2 saturated heterocycles. The third-order valence-electron chi connectivity index (χ3n) is 6.00. The lowest BCUT2D eigenvalue weighted by molar-refractivity contribution is -0.126. The molecular formula is C21H31F2N3O3S. The van der Waals surface area contributed by atoms with Crippen LogP contribution in [0.3, 0.4) is 0 Å². The first-order valence-corrected chi connectivity index (χ1v) is 12.3. The van der Waals surface area contributed by atoms with Crippen LogP contribution in [0.5, 0.6) is 0 Å². The van der Waals surface area contributed by atoms with E-state index >= 15 is 0 Å². The number of nitrogens with one attached hydrogen (secondary N) is 1. The minimum Gasteiger partial charge on any atom is -0.356 e. The molecule has 3 rings (SSSR count). The summed E-state index contributed by atoms with van der Waals surface area (Å²) in [5, 5.41) is 2.98. The van der Waals surface area contributed by atoms with Crippen LogP contribution in [0.1, 0.15) is 44.9 Å². The SMILES string of the molecule is O=C(NCCCN1CCCCCC1)C1CCN(S(=O)(=O)c2ccc(F)c(F)c2)CC1. The molecule has 0 bridgehead atoms. The zero-order valence-electron chi connectivity index (χ0n) is 17.3. The molecule has 168 valence electrons. The summed E-state index contributed by atoms with van der Waals surface area (Å²) in [6, 6.07) is 2.58. The van der Waals surface area contributed by atoms with Gasteiger partial charge in [0.2, 0.25) is 15.9 Å². The molecule has 0 aliphatic carbocycles. The standard InChI is InChI=1S/C21H31F2N3O3S/c22-19-7-6-18(16-20(19)23)30(28,29)26-14-8-17(9-15-26)21(27)24-10-5-13-25-11-3-1-2-4-12-25/h6-7,16-17H,1-5,8-15H2,(H,24,27). The Kier molecular flexibility index (Phi) is 8.19. The first-order chi connectivity index (χ1) is 14.4. The minimum atomic E-state index is -3.90. The number of piperidine rings is 1. The van der Waals surface area contributed by atoms with Gasteiger partial charge >= 0.3 is 0 Å². The van der Waals surface area contributed by atoms with E-state index in [1.165, 1.54) is 30.0 Å². The predicted octanol–water partition coefficient (Wildman–Crippen LogP) is 2.75. The largest absolute Gasteiger partial charge is 0.356 e. The molecule has 1 aromatic carbocycles. The summed E-state index contributed by atoms with van der Waals surface area (Å²) in [6.45, 7) is 4.27. The number of benzene rings is 1. The van der Waals surface area contributed by atoms with Crippen molar-refractivity contribution in [3.05, 3.63) is 29.8 Å². The summed E-state index contributed by atoms with van der Waals surface area (Å²) in [6.07, 6.45) is 6.85. The maximum atomic E-state index is 13.4. The fraction of sp³-hybridized carbons (Fsp3) is 0.667. The Bertz CT molecular complexity index is 819. The number of carbonyl (C=O) groups excluding carboxylic acids is 1. The van der Waals surface area contributed by atoms with E-state index in [0.717, 1.165) is 38.2 Å². The topological polar surface area (TPSA) is 69.7 Å². The lowest BCUT2D eigenvalue weighted by Crippen LogP contribution is -2.43. The van der Waals surface area contributed by atoms with Crippen molar-refractivity contribution in [3.8, 4) is 0 Å². The van der Waals surface area contributed by atoms with Gasteiger partial charge in [-0.05, 0) is 69.9 Å². The summed E-state index contributed by atoms with van der Waals surface area (Å²) in [5.41, 5.74) is 0. The van der Waals surface area contributed by atoms with Crippen LogP contribution >= 0.6 is 0 Å². The number of likely N-dealkylation sites (tertiary alicyclic amines) is 1. The highest BCUT2D eigenvalue weighted by Gasteiger charge is 2.32. The van der Waals surface area contributed by atoms with Gasteiger partial charge in [-0.15, -0.1) is 0 Å². The van der Waals surface area contributed by atoms with Gasteiger partial charge in [-0.1, -0.05) is 12.8 Å². The van der Waals surface area contributed by atoms with Crippen molar-refractivity contribution in [3.63, 3.8) is 0 Å². The third-order valence-corrected chi connectivity index (χ3v) is 7.90. The van der Waals surface area contributed by atoms with Crippen molar-refractivity contribution < 1.29 is 22.0 Å². The summed E-state index contributed by atoms with van der Waals surface area (Å²) < 4.78 is 53.0. The Hall–Kier alpha value is -1.58. The average molecular weight is 444 g/mol. The Morgan fingerprint density at radius 2 is 1.67 bits per heavy atom. The van der Waals surface area contributed by atoms with Crippen LogP contribution in [-0.2, 0) is 14.8 Å². The summed E-state index contributed by atoms with van der Waals surface area (Å²) in [4.78, 5) is 14.6. The van der Waals surface area contributed by atoms with Gasteiger partial charge in [-0.25, -0.2) is 17.2 Å². The molecule has 0 spiro atoms. The highest BCUT2D eigenvalue weighted by molar-refractivity contribution is 7.89. The normalized spacial score (nSPS) is 20.1. The van der Waals surface area contributed by atoms with Crippen LogP contribution < -0.4 is 5.32 Å². The molecule has 9 heteroatoms. The highest BCUT2D eigenvalue weighted by Crippen LogP contribution is 2.25. The zero-order valence-corrected chi connectivity index (χ0v) is 18.1. The molecule has 0 aromatic heterocycles. The molecule has 0 atom stereocenters. The van der Waals surface area contributed by atoms with Crippen molar-refractivity contribution in [1.82, 2.24) is 14.5 Å². The van der Waals surface area contributed by atoms with Gasteiger partial charge in [-0.3, -0.25) is 4.79 Å². The molecule has 1 amide bonds. The van der Waals surface area contributed by atoms with E-state index in [-0.39, 0.29) is 29.8 Å². The fourth-order valence-electron chi connectivity index (χ4n) is 4.16. The Balaban J connectivity index is 1.42. The quantitative estimate of drug-likeness (QED) is 0.658. The molecule has 0 saturated carbocycles. The van der Waals surface area contributed by atoms with Crippen LogP contribution in [0, 0.1) is 17.6 Å². The summed E-state index contributed by atoms with van der Waals surface area (Å²) in [7, 11) is -3.90. The molecule has 2 fully saturated rings. The van der Waals surface area contributed by atoms with Crippen LogP contribution in [0.15, 0.2) is 23.1 Å². The molecule has 1 N–H and O–H groups in total. The van der Waals surface area contributed by atoms with Crippen LogP contribution in [0.2, 0.25) is 0 Å². The summed E-state index contributed by atoms with van der Waals surface area (Å²) >= 11 is 0. The molecule has 1 aromatic rings. The molecule has 2 heterocycles. The van der Waals surface area contributed by atoms with Crippen LogP contribution in [0.4, 0.5) is 8.78 Å². The lowest BCUT2D eigenvalue weighted by Gasteiger charge is -2.30. The number of halogens is 2. The molecular weight excluding hydrogens is 412 g/mol. The van der Waals surface area contributed by atoms with Gasteiger partial charge in [-0.2, -0.15) is 4.31 Å². The predicted molar refractivity (Wildman–Crippen MR) is 110 cm³/mol. The monoisotopic (exact) mass is 443 g/mol. The molecule has 2 aliphatic rings. The average Bonchev–Trinajstić information content (AvgIpc) is 3.02. The van der Waals surface area contributed by atoms with Crippen molar-refractivity contribution in [1.29, 1.82) is 0 Å². The van der Waals surface area contributed by atoms with Gasteiger partial charge in [0, 0.05) is 25.6 Å². The first kappa shape index (κ1) is 23.1. The molecule has 0 radical (unpaired) electrons. The number of nitrogens with zero attached hydrogens (tertiary/aromatic N) is 2.